The van der Waals surface area contributed by atoms with Gasteiger partial charge in [0.25, 0.3) is 10.0 Å². The molecule has 0 fully saturated rings. The Morgan fingerprint density at radius 1 is 0.960 bits per heavy atom. The number of para-hydroxylation sites is 1. The van der Waals surface area contributed by atoms with E-state index in [9.17, 15) is 26.4 Å². The lowest BCUT2D eigenvalue weighted by atomic mass is 10.1. The van der Waals surface area contributed by atoms with E-state index < -0.39 is 32.7 Å². The lowest BCUT2D eigenvalue weighted by molar-refractivity contribution is -0.136. The number of anilines is 1. The van der Waals surface area contributed by atoms with Gasteiger partial charge in [-0.2, -0.15) is 13.2 Å². The Morgan fingerprint density at radius 2 is 1.64 bits per heavy atom. The third-order valence-corrected chi connectivity index (χ3v) is 4.84. The molecule has 130 valence electrons. The van der Waals surface area contributed by atoms with Gasteiger partial charge in [0.2, 0.25) is 5.56 Å². The third kappa shape index (κ3) is 3.50. The molecule has 0 radical (unpaired) electrons. The Bertz CT molecular complexity index is 1090. The van der Waals surface area contributed by atoms with Crippen LogP contribution in [0.3, 0.4) is 0 Å². The fraction of sp³-hybridized carbons (Fsp3) is 0.0625. The van der Waals surface area contributed by atoms with E-state index in [1.807, 2.05) is 0 Å². The zero-order valence-corrected chi connectivity index (χ0v) is 13.3. The number of hydrogen-bond donors (Lipinski definition) is 2. The van der Waals surface area contributed by atoms with Crippen LogP contribution in [0.2, 0.25) is 0 Å². The minimum Gasteiger partial charge on any atom is -0.322 e. The molecule has 3 aromatic rings. The van der Waals surface area contributed by atoms with Gasteiger partial charge in [-0.1, -0.05) is 18.2 Å². The van der Waals surface area contributed by atoms with Gasteiger partial charge in [-0.3, -0.25) is 9.52 Å². The summed E-state index contributed by atoms with van der Waals surface area (Å²) in [5.74, 6) is 0. The van der Waals surface area contributed by atoms with Gasteiger partial charge < -0.3 is 4.98 Å². The van der Waals surface area contributed by atoms with E-state index in [1.165, 1.54) is 12.1 Å². The zero-order valence-electron chi connectivity index (χ0n) is 12.5. The predicted molar refractivity (Wildman–Crippen MR) is 86.8 cm³/mol. The van der Waals surface area contributed by atoms with E-state index in [-0.39, 0.29) is 16.1 Å². The molecule has 0 atom stereocenters. The minimum absolute atomic E-state index is 0.0986. The molecule has 25 heavy (non-hydrogen) atoms. The highest BCUT2D eigenvalue weighted by Crippen LogP contribution is 2.34. The highest BCUT2D eigenvalue weighted by Gasteiger charge is 2.33. The molecule has 0 aliphatic rings. The van der Waals surface area contributed by atoms with Gasteiger partial charge in [-0.05, 0) is 30.3 Å². The summed E-state index contributed by atoms with van der Waals surface area (Å²) in [4.78, 5) is 13.3. The van der Waals surface area contributed by atoms with Gasteiger partial charge in [-0.25, -0.2) is 8.42 Å². The molecular formula is C16H11F3N2O3S. The maximum Gasteiger partial charge on any atom is 0.417 e. The molecule has 0 spiro atoms. The van der Waals surface area contributed by atoms with E-state index in [0.717, 1.165) is 18.2 Å². The first-order valence-electron chi connectivity index (χ1n) is 6.99. The monoisotopic (exact) mass is 368 g/mol. The molecule has 0 amide bonds. The van der Waals surface area contributed by atoms with Gasteiger partial charge in [0.05, 0.1) is 10.5 Å². The summed E-state index contributed by atoms with van der Waals surface area (Å²) in [7, 11) is -4.09. The SMILES string of the molecule is O=c1cc(C(F)(F)F)c2cc(S(=O)(=O)Nc3ccccc3)ccc2[nH]1. The number of H-pyrrole nitrogens is 1. The highest BCUT2D eigenvalue weighted by atomic mass is 32.2. The minimum atomic E-state index is -4.79. The van der Waals surface area contributed by atoms with Gasteiger partial charge in [0.15, 0.2) is 0 Å². The molecule has 1 heterocycles. The molecule has 0 saturated carbocycles. The van der Waals surface area contributed by atoms with Gasteiger partial charge >= 0.3 is 6.18 Å². The number of aromatic nitrogens is 1. The summed E-state index contributed by atoms with van der Waals surface area (Å²) in [6.07, 6.45) is -4.79. The Labute approximate surface area is 140 Å². The summed E-state index contributed by atoms with van der Waals surface area (Å²) >= 11 is 0. The largest absolute Gasteiger partial charge is 0.417 e. The molecule has 1 aromatic heterocycles. The van der Waals surface area contributed by atoms with Crippen molar-refractivity contribution in [3.8, 4) is 0 Å². The van der Waals surface area contributed by atoms with Crippen LogP contribution >= 0.6 is 0 Å². The summed E-state index contributed by atoms with van der Waals surface area (Å²) in [5.41, 5.74) is -1.93. The summed E-state index contributed by atoms with van der Waals surface area (Å²) in [5, 5.41) is -0.400. The zero-order chi connectivity index (χ0) is 18.2. The Kier molecular flexibility index (Phi) is 4.03. The van der Waals surface area contributed by atoms with Crippen molar-refractivity contribution in [2.45, 2.75) is 11.1 Å². The molecule has 2 N–H and O–H groups in total. The molecule has 0 unspecified atom stereocenters. The number of sulfonamides is 1. The molecule has 0 aliphatic carbocycles. The topological polar surface area (TPSA) is 79.0 Å². The summed E-state index contributed by atoms with van der Waals surface area (Å²) in [6.45, 7) is 0. The first-order chi connectivity index (χ1) is 11.7. The van der Waals surface area contributed by atoms with Gasteiger partial charge in [0.1, 0.15) is 0 Å². The van der Waals surface area contributed by atoms with Crippen LogP contribution in [-0.2, 0) is 16.2 Å². The molecular weight excluding hydrogens is 357 g/mol. The number of hydrogen-bond acceptors (Lipinski definition) is 3. The van der Waals surface area contributed by atoms with E-state index in [2.05, 4.69) is 9.71 Å². The van der Waals surface area contributed by atoms with Crippen LogP contribution in [0.15, 0.2) is 64.3 Å². The molecule has 0 bridgehead atoms. The number of alkyl halides is 3. The quantitative estimate of drug-likeness (QED) is 0.744. The number of rotatable bonds is 3. The number of benzene rings is 2. The van der Waals surface area contributed by atoms with Crippen LogP contribution in [0, 0.1) is 0 Å². The number of fused-ring (bicyclic) bond motifs is 1. The third-order valence-electron chi connectivity index (χ3n) is 3.46. The average molecular weight is 368 g/mol. The smallest absolute Gasteiger partial charge is 0.322 e. The van der Waals surface area contributed by atoms with Crippen molar-refractivity contribution in [3.63, 3.8) is 0 Å². The second kappa shape index (κ2) is 5.92. The summed E-state index contributed by atoms with van der Waals surface area (Å²) < 4.78 is 66.6. The van der Waals surface area contributed by atoms with Crippen molar-refractivity contribution in [2.24, 2.45) is 0 Å². The van der Waals surface area contributed by atoms with Crippen LogP contribution < -0.4 is 10.3 Å². The summed E-state index contributed by atoms with van der Waals surface area (Å²) in [6, 6.07) is 11.5. The first-order valence-corrected chi connectivity index (χ1v) is 8.47. The molecule has 5 nitrogen and oxygen atoms in total. The molecule has 3 rings (SSSR count). The normalized spacial score (nSPS) is 12.3. The fourth-order valence-corrected chi connectivity index (χ4v) is 3.44. The van der Waals surface area contributed by atoms with Crippen molar-refractivity contribution < 1.29 is 21.6 Å². The second-order valence-corrected chi connectivity index (χ2v) is 6.91. The average Bonchev–Trinajstić information content (AvgIpc) is 2.53. The molecule has 2 aromatic carbocycles. The van der Waals surface area contributed by atoms with Crippen LogP contribution in [0.25, 0.3) is 10.9 Å². The van der Waals surface area contributed by atoms with Crippen molar-refractivity contribution in [1.29, 1.82) is 0 Å². The van der Waals surface area contributed by atoms with Gasteiger partial charge in [0, 0.05) is 22.7 Å². The van der Waals surface area contributed by atoms with E-state index in [4.69, 9.17) is 0 Å². The van der Waals surface area contributed by atoms with E-state index in [1.54, 1.807) is 18.2 Å². The number of halogens is 3. The highest BCUT2D eigenvalue weighted by molar-refractivity contribution is 7.92. The number of nitrogens with one attached hydrogen (secondary N) is 2. The van der Waals surface area contributed by atoms with Gasteiger partial charge in [-0.15, -0.1) is 0 Å². The Morgan fingerprint density at radius 3 is 2.28 bits per heavy atom. The lowest BCUT2D eigenvalue weighted by Gasteiger charge is -2.12. The van der Waals surface area contributed by atoms with Crippen molar-refractivity contribution in [3.05, 3.63) is 70.5 Å². The Hall–Kier alpha value is -2.81. The lowest BCUT2D eigenvalue weighted by Crippen LogP contribution is -2.16. The fourth-order valence-electron chi connectivity index (χ4n) is 2.35. The standard InChI is InChI=1S/C16H11F3N2O3S/c17-16(18,19)13-9-15(22)20-14-7-6-11(8-12(13)14)25(23,24)21-10-4-2-1-3-5-10/h1-9,21H,(H,20,22). The van der Waals surface area contributed by atoms with Crippen molar-refractivity contribution in [1.82, 2.24) is 4.98 Å². The van der Waals surface area contributed by atoms with E-state index in [0.29, 0.717) is 6.07 Å². The van der Waals surface area contributed by atoms with Crippen LogP contribution in [0.4, 0.5) is 18.9 Å². The molecule has 9 heteroatoms. The van der Waals surface area contributed by atoms with Crippen molar-refractivity contribution >= 4 is 26.6 Å². The van der Waals surface area contributed by atoms with Crippen LogP contribution in [0.1, 0.15) is 5.56 Å². The molecule has 0 saturated heterocycles. The maximum absolute atomic E-state index is 13.2. The number of aromatic amines is 1. The predicted octanol–water partition coefficient (Wildman–Crippen LogP) is 3.35. The number of pyridine rings is 1. The van der Waals surface area contributed by atoms with Crippen molar-refractivity contribution in [2.75, 3.05) is 4.72 Å². The Balaban J connectivity index is 2.15. The van der Waals surface area contributed by atoms with Crippen LogP contribution in [-0.4, -0.2) is 13.4 Å². The second-order valence-electron chi connectivity index (χ2n) is 5.22. The first kappa shape index (κ1) is 17.0. The maximum atomic E-state index is 13.2. The van der Waals surface area contributed by atoms with Crippen LogP contribution in [0.5, 0.6) is 0 Å². The molecule has 0 aliphatic heterocycles. The van der Waals surface area contributed by atoms with E-state index >= 15 is 0 Å².